The van der Waals surface area contributed by atoms with Gasteiger partial charge >= 0.3 is 18.3 Å². The highest BCUT2D eigenvalue weighted by Crippen LogP contribution is 2.26. The molecule has 0 spiro atoms. The number of hydrogen-bond acceptors (Lipinski definition) is 9. The van der Waals surface area contributed by atoms with Gasteiger partial charge in [-0.2, -0.15) is 0 Å². The quantitative estimate of drug-likeness (QED) is 0.0854. The van der Waals surface area contributed by atoms with E-state index >= 15 is 0 Å². The highest BCUT2D eigenvalue weighted by molar-refractivity contribution is 14.1. The summed E-state index contributed by atoms with van der Waals surface area (Å²) in [4.78, 5) is 55.7. The first kappa shape index (κ1) is 46.2. The zero-order valence-corrected chi connectivity index (χ0v) is 35.2. The second kappa shape index (κ2) is 20.4. The molecule has 18 heteroatoms. The van der Waals surface area contributed by atoms with Crippen molar-refractivity contribution < 1.29 is 38.3 Å². The van der Waals surface area contributed by atoms with Crippen molar-refractivity contribution in [2.24, 2.45) is 0 Å². The maximum atomic E-state index is 11.6. The number of anilines is 2. The number of rotatable bonds is 4. The maximum Gasteiger partial charge on any atom is 0.426 e. The number of nitro groups is 1. The van der Waals surface area contributed by atoms with E-state index in [0.717, 1.165) is 8.04 Å². The molecule has 4 N–H and O–H groups in total. The van der Waals surface area contributed by atoms with Crippen LogP contribution in [0.4, 0.5) is 31.4 Å². The number of non-ortho nitro benzene ring substituents is 1. The second-order valence-corrected chi connectivity index (χ2v) is 16.2. The van der Waals surface area contributed by atoms with Crippen molar-refractivity contribution in [1.82, 2.24) is 10.9 Å². The van der Waals surface area contributed by atoms with Crippen LogP contribution in [0.15, 0.2) is 65.1 Å². The van der Waals surface area contributed by atoms with Gasteiger partial charge in [0.05, 0.1) is 15.0 Å². The Balaban J connectivity index is 0.000000394. The third-order valence-corrected chi connectivity index (χ3v) is 7.95. The van der Waals surface area contributed by atoms with Gasteiger partial charge in [0.25, 0.3) is 11.6 Å². The molecule has 0 saturated heterocycles. The molecule has 284 valence electrons. The van der Waals surface area contributed by atoms with Crippen LogP contribution < -0.4 is 21.5 Å². The molecule has 3 aromatic rings. The minimum Gasteiger partial charge on any atom is -0.444 e. The standard InChI is InChI=1S/C12H15N3O5.C11H13BrClNO2.C11H13ClINO2/c1-12(2,3)20-11(17)14-13-10(16)8-4-6-9(7-5-8)15(18)19;1-11(2,3)16-10(15)14-7-4-5-8(12)9(13)6-7;1-11(2,3)16-10(15)14-7-4-5-9(13)8(12)6-7/h4-7H,1-3H3,(H,13,16)(H,14,17);2*4-6H,1-3H3,(H,14,15). The maximum absolute atomic E-state index is 11.6. The lowest BCUT2D eigenvalue weighted by Gasteiger charge is -2.19. The average molecular weight is 941 g/mol. The molecule has 0 aliphatic carbocycles. The van der Waals surface area contributed by atoms with Crippen LogP contribution in [0, 0.1) is 13.7 Å². The van der Waals surface area contributed by atoms with Crippen molar-refractivity contribution in [3.05, 3.63) is 94.4 Å². The van der Waals surface area contributed by atoms with E-state index in [1.54, 1.807) is 71.9 Å². The Morgan fingerprint density at radius 2 is 1.10 bits per heavy atom. The van der Waals surface area contributed by atoms with E-state index in [4.69, 9.17) is 37.4 Å². The largest absolute Gasteiger partial charge is 0.444 e. The average Bonchev–Trinajstić information content (AvgIpc) is 2.97. The number of hydrazine groups is 1. The molecule has 0 bridgehead atoms. The molecule has 52 heavy (non-hydrogen) atoms. The summed E-state index contributed by atoms with van der Waals surface area (Å²) >= 11 is 17.2. The first-order valence-electron chi connectivity index (χ1n) is 15.2. The molecule has 4 amide bonds. The fourth-order valence-corrected chi connectivity index (χ4v) is 4.15. The van der Waals surface area contributed by atoms with Gasteiger partial charge in [-0.05, 0) is 149 Å². The molecule has 0 aliphatic heterocycles. The monoisotopic (exact) mass is 939 g/mol. The number of nitro benzene ring substituents is 1. The summed E-state index contributed by atoms with van der Waals surface area (Å²) in [7, 11) is 0. The summed E-state index contributed by atoms with van der Waals surface area (Å²) in [6.07, 6.45) is -1.77. The first-order chi connectivity index (χ1) is 23.7. The predicted octanol–water partition coefficient (Wildman–Crippen LogP) is 10.5. The zero-order valence-electron chi connectivity index (χ0n) is 29.9. The van der Waals surface area contributed by atoms with Crippen LogP contribution in [0.3, 0.4) is 0 Å². The van der Waals surface area contributed by atoms with Crippen molar-refractivity contribution >= 4 is 103 Å². The molecular formula is C34H41BrCl2IN5O9. The van der Waals surface area contributed by atoms with E-state index in [1.807, 2.05) is 26.8 Å². The molecule has 0 heterocycles. The van der Waals surface area contributed by atoms with E-state index in [-0.39, 0.29) is 11.3 Å². The van der Waals surface area contributed by atoms with Crippen molar-refractivity contribution in [3.63, 3.8) is 0 Å². The van der Waals surface area contributed by atoms with Gasteiger partial charge < -0.3 is 14.2 Å². The summed E-state index contributed by atoms with van der Waals surface area (Å²) in [6.45, 7) is 15.9. The van der Waals surface area contributed by atoms with Gasteiger partial charge in [-0.25, -0.2) is 19.8 Å². The highest BCUT2D eigenvalue weighted by atomic mass is 127. The summed E-state index contributed by atoms with van der Waals surface area (Å²) in [5.41, 5.74) is 3.80. The third kappa shape index (κ3) is 20.2. The third-order valence-electron chi connectivity index (χ3n) is 5.15. The van der Waals surface area contributed by atoms with Gasteiger partial charge in [-0.1, -0.05) is 23.2 Å². The molecular weight excluding hydrogens is 900 g/mol. The molecule has 0 aromatic heterocycles. The number of nitrogens with zero attached hydrogens (tertiary/aromatic N) is 1. The number of nitrogens with one attached hydrogen (secondary N) is 4. The van der Waals surface area contributed by atoms with Gasteiger partial charge in [-0.15, -0.1) is 0 Å². The fraction of sp³-hybridized carbons (Fsp3) is 0.353. The SMILES string of the molecule is CC(C)(C)OC(=O)NNC(=O)c1ccc([N+](=O)[O-])cc1.CC(C)(C)OC(=O)Nc1ccc(Br)c(Cl)c1.CC(C)(C)OC(=O)Nc1ccc(I)c(Cl)c1. The molecule has 0 saturated carbocycles. The van der Waals surface area contributed by atoms with Crippen LogP contribution in [0.25, 0.3) is 0 Å². The summed E-state index contributed by atoms with van der Waals surface area (Å²) in [6, 6.07) is 15.4. The van der Waals surface area contributed by atoms with Crippen molar-refractivity contribution in [2.45, 2.75) is 79.1 Å². The molecule has 14 nitrogen and oxygen atoms in total. The zero-order chi connectivity index (χ0) is 40.0. The van der Waals surface area contributed by atoms with Crippen molar-refractivity contribution in [2.75, 3.05) is 10.6 Å². The summed E-state index contributed by atoms with van der Waals surface area (Å²) in [5, 5.41) is 16.8. The van der Waals surface area contributed by atoms with Crippen LogP contribution in [-0.2, 0) is 14.2 Å². The summed E-state index contributed by atoms with van der Waals surface area (Å²) < 4.78 is 16.9. The molecule has 0 unspecified atom stereocenters. The van der Waals surface area contributed by atoms with E-state index in [2.05, 4.69) is 60.0 Å². The van der Waals surface area contributed by atoms with Crippen molar-refractivity contribution in [3.8, 4) is 0 Å². The number of carbonyl (C=O) groups excluding carboxylic acids is 4. The van der Waals surface area contributed by atoms with Crippen LogP contribution in [0.2, 0.25) is 10.0 Å². The topological polar surface area (TPSA) is 187 Å². The van der Waals surface area contributed by atoms with Gasteiger partial charge in [0.1, 0.15) is 16.8 Å². The van der Waals surface area contributed by atoms with E-state index in [0.29, 0.717) is 21.4 Å². The Kier molecular flexibility index (Phi) is 18.1. The number of hydrogen-bond donors (Lipinski definition) is 4. The predicted molar refractivity (Wildman–Crippen MR) is 213 cm³/mol. The minimum absolute atomic E-state index is 0.123. The number of halogens is 4. The van der Waals surface area contributed by atoms with Crippen molar-refractivity contribution in [1.29, 1.82) is 0 Å². The van der Waals surface area contributed by atoms with Crippen LogP contribution >= 0.6 is 61.7 Å². The Morgan fingerprint density at radius 1 is 0.673 bits per heavy atom. The van der Waals surface area contributed by atoms with E-state index in [1.165, 1.54) is 24.3 Å². The normalized spacial score (nSPS) is 10.9. The lowest BCUT2D eigenvalue weighted by atomic mass is 10.2. The van der Waals surface area contributed by atoms with Crippen LogP contribution in [0.1, 0.15) is 72.7 Å². The fourth-order valence-electron chi connectivity index (χ4n) is 3.21. The van der Waals surface area contributed by atoms with Gasteiger partial charge in [-0.3, -0.25) is 31.0 Å². The van der Waals surface area contributed by atoms with E-state index in [9.17, 15) is 29.3 Å². The van der Waals surface area contributed by atoms with Crippen LogP contribution in [-0.4, -0.2) is 45.9 Å². The number of carbonyl (C=O) groups is 4. The van der Waals surface area contributed by atoms with Gasteiger partial charge in [0.2, 0.25) is 0 Å². The molecule has 0 fully saturated rings. The Hall–Kier alpha value is -3.87. The van der Waals surface area contributed by atoms with Crippen LogP contribution in [0.5, 0.6) is 0 Å². The van der Waals surface area contributed by atoms with E-state index < -0.39 is 45.9 Å². The molecule has 0 aliphatic rings. The highest BCUT2D eigenvalue weighted by Gasteiger charge is 2.19. The minimum atomic E-state index is -0.798. The number of amides is 4. The lowest BCUT2D eigenvalue weighted by molar-refractivity contribution is -0.384. The smallest absolute Gasteiger partial charge is 0.426 e. The molecule has 0 radical (unpaired) electrons. The van der Waals surface area contributed by atoms with Gasteiger partial charge in [0, 0.05) is 37.1 Å². The Morgan fingerprint density at radius 3 is 1.50 bits per heavy atom. The second-order valence-electron chi connectivity index (χ2n) is 13.4. The molecule has 3 aromatic carbocycles. The number of benzene rings is 3. The lowest BCUT2D eigenvalue weighted by Crippen LogP contribution is -2.44. The first-order valence-corrected chi connectivity index (χ1v) is 17.8. The molecule has 3 rings (SSSR count). The Bertz CT molecular complexity index is 1650. The molecule has 0 atom stereocenters. The van der Waals surface area contributed by atoms with Gasteiger partial charge in [0.15, 0.2) is 0 Å². The Labute approximate surface area is 334 Å². The number of ether oxygens (including phenoxy) is 3. The summed E-state index contributed by atoms with van der Waals surface area (Å²) in [5.74, 6) is -0.606.